The molecule has 0 aliphatic rings. The predicted octanol–water partition coefficient (Wildman–Crippen LogP) is 3.05. The lowest BCUT2D eigenvalue weighted by atomic mass is 10.2. The van der Waals surface area contributed by atoms with Crippen LogP contribution in [0, 0.1) is 0 Å². The Labute approximate surface area is 165 Å². The minimum Gasteiger partial charge on any atom is -0.356 e. The molecule has 5 nitrogen and oxygen atoms in total. The van der Waals surface area contributed by atoms with E-state index in [-0.39, 0.29) is 29.7 Å². The van der Waals surface area contributed by atoms with Crippen LogP contribution < -0.4 is 5.32 Å². The molecule has 0 saturated heterocycles. The van der Waals surface area contributed by atoms with Gasteiger partial charge in [-0.25, -0.2) is 8.42 Å². The molecule has 0 radical (unpaired) electrons. The molecule has 132 valence electrons. The highest BCUT2D eigenvalue weighted by Gasteiger charge is 2.08. The molecule has 0 heterocycles. The van der Waals surface area contributed by atoms with Gasteiger partial charge in [0.1, 0.15) is 9.84 Å². The molecular formula is C14H22Cl2IN3O2S. The third kappa shape index (κ3) is 8.97. The summed E-state index contributed by atoms with van der Waals surface area (Å²) < 4.78 is 22.2. The second-order valence-corrected chi connectivity index (χ2v) is 8.14. The summed E-state index contributed by atoms with van der Waals surface area (Å²) in [6.07, 6.45) is 1.77. The molecule has 0 aromatic heterocycles. The van der Waals surface area contributed by atoms with Crippen molar-refractivity contribution in [1.29, 1.82) is 0 Å². The second kappa shape index (κ2) is 10.6. The Balaban J connectivity index is 0.00000484. The summed E-state index contributed by atoms with van der Waals surface area (Å²) in [5.41, 5.74) is 1.01. The largest absolute Gasteiger partial charge is 0.356 e. The van der Waals surface area contributed by atoms with Crippen LogP contribution in [0.4, 0.5) is 0 Å². The first-order valence-corrected chi connectivity index (χ1v) is 9.58. The Hall–Kier alpha value is -0.250. The number of aliphatic imine (C=N–C) groups is 1. The van der Waals surface area contributed by atoms with Gasteiger partial charge in [-0.2, -0.15) is 0 Å². The Kier molecular flexibility index (Phi) is 10.5. The molecule has 1 N–H and O–H groups in total. The molecular weight excluding hydrogens is 472 g/mol. The molecule has 1 aromatic carbocycles. The summed E-state index contributed by atoms with van der Waals surface area (Å²) >= 11 is 11.9. The molecule has 0 bridgehead atoms. The Morgan fingerprint density at radius 2 is 1.96 bits per heavy atom. The van der Waals surface area contributed by atoms with Crippen LogP contribution in [0.2, 0.25) is 10.0 Å². The normalized spacial score (nSPS) is 11.8. The van der Waals surface area contributed by atoms with Gasteiger partial charge >= 0.3 is 0 Å². The summed E-state index contributed by atoms with van der Waals surface area (Å²) in [7, 11) is 0.655. The standard InChI is InChI=1S/C14H21Cl2N3O2S.HI/c1-17-14(18-7-4-8-22(3,20)21)19(2)10-11-5-6-12(15)13(16)9-11;/h5-6,9H,4,7-8,10H2,1-3H3,(H,17,18);1H. The van der Waals surface area contributed by atoms with Crippen molar-refractivity contribution >= 4 is 63.0 Å². The van der Waals surface area contributed by atoms with Crippen LogP contribution in [-0.4, -0.2) is 51.9 Å². The zero-order valence-electron chi connectivity index (χ0n) is 13.3. The van der Waals surface area contributed by atoms with Crippen LogP contribution >= 0.6 is 47.2 Å². The van der Waals surface area contributed by atoms with Gasteiger partial charge in [-0.1, -0.05) is 29.3 Å². The third-order valence-corrected chi connectivity index (χ3v) is 4.72. The number of sulfone groups is 1. The number of guanidine groups is 1. The average Bonchev–Trinajstić information content (AvgIpc) is 2.41. The molecule has 0 unspecified atom stereocenters. The zero-order chi connectivity index (χ0) is 16.8. The van der Waals surface area contributed by atoms with E-state index < -0.39 is 9.84 Å². The van der Waals surface area contributed by atoms with Crippen LogP contribution in [0.3, 0.4) is 0 Å². The van der Waals surface area contributed by atoms with E-state index >= 15 is 0 Å². The molecule has 0 fully saturated rings. The average molecular weight is 494 g/mol. The van der Waals surface area contributed by atoms with Crippen molar-refractivity contribution in [3.63, 3.8) is 0 Å². The fraction of sp³-hybridized carbons (Fsp3) is 0.500. The Morgan fingerprint density at radius 1 is 1.30 bits per heavy atom. The zero-order valence-corrected chi connectivity index (χ0v) is 18.0. The van der Waals surface area contributed by atoms with E-state index in [1.165, 1.54) is 6.26 Å². The summed E-state index contributed by atoms with van der Waals surface area (Å²) in [5.74, 6) is 0.854. The first kappa shape index (κ1) is 22.8. The van der Waals surface area contributed by atoms with E-state index in [9.17, 15) is 8.42 Å². The fourth-order valence-electron chi connectivity index (χ4n) is 1.91. The smallest absolute Gasteiger partial charge is 0.193 e. The van der Waals surface area contributed by atoms with Crippen molar-refractivity contribution in [2.45, 2.75) is 13.0 Å². The van der Waals surface area contributed by atoms with Gasteiger partial charge in [0.15, 0.2) is 5.96 Å². The molecule has 1 rings (SSSR count). The van der Waals surface area contributed by atoms with Crippen molar-refractivity contribution in [3.05, 3.63) is 33.8 Å². The molecule has 0 aliphatic heterocycles. The van der Waals surface area contributed by atoms with Gasteiger partial charge < -0.3 is 10.2 Å². The molecule has 0 atom stereocenters. The lowest BCUT2D eigenvalue weighted by Crippen LogP contribution is -2.39. The number of nitrogens with zero attached hydrogens (tertiary/aromatic N) is 2. The van der Waals surface area contributed by atoms with Crippen molar-refractivity contribution in [3.8, 4) is 0 Å². The van der Waals surface area contributed by atoms with Crippen LogP contribution in [0.1, 0.15) is 12.0 Å². The molecule has 0 spiro atoms. The maximum atomic E-state index is 11.1. The number of nitrogens with one attached hydrogen (secondary N) is 1. The topological polar surface area (TPSA) is 61.8 Å². The van der Waals surface area contributed by atoms with E-state index in [1.807, 2.05) is 24.1 Å². The van der Waals surface area contributed by atoms with Crippen molar-refractivity contribution in [2.24, 2.45) is 4.99 Å². The van der Waals surface area contributed by atoms with E-state index in [1.54, 1.807) is 13.1 Å². The Bertz CT molecular complexity index is 639. The predicted molar refractivity (Wildman–Crippen MR) is 109 cm³/mol. The number of benzene rings is 1. The molecule has 9 heteroatoms. The lowest BCUT2D eigenvalue weighted by Gasteiger charge is -2.22. The van der Waals surface area contributed by atoms with E-state index in [4.69, 9.17) is 23.2 Å². The molecule has 1 aromatic rings. The molecule has 0 saturated carbocycles. The number of rotatable bonds is 6. The third-order valence-electron chi connectivity index (χ3n) is 2.95. The number of hydrogen-bond donors (Lipinski definition) is 1. The van der Waals surface area contributed by atoms with Crippen LogP contribution in [0.25, 0.3) is 0 Å². The van der Waals surface area contributed by atoms with E-state index in [0.717, 1.165) is 5.56 Å². The van der Waals surface area contributed by atoms with Crippen molar-refractivity contribution in [2.75, 3.05) is 32.6 Å². The molecule has 0 aliphatic carbocycles. The Morgan fingerprint density at radius 3 is 2.48 bits per heavy atom. The van der Waals surface area contributed by atoms with Gasteiger partial charge in [0, 0.05) is 33.4 Å². The summed E-state index contributed by atoms with van der Waals surface area (Å²) in [6, 6.07) is 5.48. The van der Waals surface area contributed by atoms with Crippen LogP contribution in [0.5, 0.6) is 0 Å². The van der Waals surface area contributed by atoms with Gasteiger partial charge in [0.25, 0.3) is 0 Å². The van der Waals surface area contributed by atoms with Crippen molar-refractivity contribution in [1.82, 2.24) is 10.2 Å². The highest BCUT2D eigenvalue weighted by atomic mass is 127. The van der Waals surface area contributed by atoms with Crippen molar-refractivity contribution < 1.29 is 8.42 Å². The quantitative estimate of drug-likeness (QED) is 0.286. The van der Waals surface area contributed by atoms with Gasteiger partial charge in [0.2, 0.25) is 0 Å². The van der Waals surface area contributed by atoms with Gasteiger partial charge in [-0.05, 0) is 24.1 Å². The van der Waals surface area contributed by atoms with Gasteiger partial charge in [-0.15, -0.1) is 24.0 Å². The first-order valence-electron chi connectivity index (χ1n) is 6.76. The summed E-state index contributed by atoms with van der Waals surface area (Å²) in [4.78, 5) is 6.11. The SMILES string of the molecule is CN=C(NCCCS(C)(=O)=O)N(C)Cc1ccc(Cl)c(Cl)c1.I. The minimum atomic E-state index is -2.93. The number of halogens is 3. The lowest BCUT2D eigenvalue weighted by molar-refractivity contribution is 0.476. The highest BCUT2D eigenvalue weighted by molar-refractivity contribution is 14.0. The molecule has 0 amide bonds. The number of hydrogen-bond acceptors (Lipinski definition) is 3. The van der Waals surface area contributed by atoms with Gasteiger partial charge in [-0.3, -0.25) is 4.99 Å². The highest BCUT2D eigenvalue weighted by Crippen LogP contribution is 2.23. The fourth-order valence-corrected chi connectivity index (χ4v) is 2.90. The van der Waals surface area contributed by atoms with Crippen LogP contribution in [0.15, 0.2) is 23.2 Å². The maximum Gasteiger partial charge on any atom is 0.193 e. The second-order valence-electron chi connectivity index (χ2n) is 5.06. The maximum absolute atomic E-state index is 11.1. The first-order chi connectivity index (χ1) is 10.2. The monoisotopic (exact) mass is 493 g/mol. The van der Waals surface area contributed by atoms with Crippen LogP contribution in [-0.2, 0) is 16.4 Å². The van der Waals surface area contributed by atoms with E-state index in [2.05, 4.69) is 10.3 Å². The summed E-state index contributed by atoms with van der Waals surface area (Å²) in [6.45, 7) is 1.16. The minimum absolute atomic E-state index is 0. The van der Waals surface area contributed by atoms with Gasteiger partial charge in [0.05, 0.1) is 15.8 Å². The summed E-state index contributed by atoms with van der Waals surface area (Å²) in [5, 5.41) is 4.18. The molecule has 23 heavy (non-hydrogen) atoms. The van der Waals surface area contributed by atoms with E-state index in [0.29, 0.717) is 35.5 Å².